The molecule has 0 aliphatic heterocycles. The van der Waals surface area contributed by atoms with Crippen LogP contribution < -0.4 is 11.1 Å². The topological polar surface area (TPSA) is 55.1 Å². The van der Waals surface area contributed by atoms with Gasteiger partial charge in [0.05, 0.1) is 5.54 Å². The van der Waals surface area contributed by atoms with E-state index in [0.717, 1.165) is 37.3 Å². The van der Waals surface area contributed by atoms with E-state index in [2.05, 4.69) is 36.5 Å². The number of hydrogen-bond acceptors (Lipinski definition) is 3. The molecule has 1 amide bonds. The molecule has 0 aliphatic carbocycles. The zero-order valence-corrected chi connectivity index (χ0v) is 13.3. The number of thioether (sulfide) groups is 1. The molecular formula is C16H26N2OS. The third-order valence-corrected chi connectivity index (χ3v) is 4.50. The van der Waals surface area contributed by atoms with Gasteiger partial charge in [0.15, 0.2) is 0 Å². The van der Waals surface area contributed by atoms with E-state index < -0.39 is 5.54 Å². The molecule has 1 atom stereocenters. The van der Waals surface area contributed by atoms with Gasteiger partial charge in [-0.05, 0) is 44.0 Å². The number of primary amides is 1. The van der Waals surface area contributed by atoms with Gasteiger partial charge >= 0.3 is 0 Å². The van der Waals surface area contributed by atoms with Gasteiger partial charge in [-0.15, -0.1) is 0 Å². The first kappa shape index (κ1) is 17.1. The summed E-state index contributed by atoms with van der Waals surface area (Å²) in [5.74, 6) is 1.82. The third-order valence-electron chi connectivity index (χ3n) is 3.39. The smallest absolute Gasteiger partial charge is 0.237 e. The zero-order valence-electron chi connectivity index (χ0n) is 12.5. The van der Waals surface area contributed by atoms with Gasteiger partial charge < -0.3 is 11.1 Å². The van der Waals surface area contributed by atoms with Crippen molar-refractivity contribution >= 4 is 17.7 Å². The van der Waals surface area contributed by atoms with Crippen molar-refractivity contribution in [2.75, 3.05) is 12.3 Å². The van der Waals surface area contributed by atoms with Gasteiger partial charge in [0.2, 0.25) is 5.91 Å². The van der Waals surface area contributed by atoms with Crippen molar-refractivity contribution in [2.45, 2.75) is 44.4 Å². The molecule has 1 rings (SSSR count). The lowest BCUT2D eigenvalue weighted by Crippen LogP contribution is -2.53. The van der Waals surface area contributed by atoms with E-state index in [1.165, 1.54) is 5.56 Å². The monoisotopic (exact) mass is 294 g/mol. The molecule has 4 heteroatoms. The lowest BCUT2D eigenvalue weighted by atomic mass is 9.95. The summed E-state index contributed by atoms with van der Waals surface area (Å²) in [6, 6.07) is 10.4. The van der Waals surface area contributed by atoms with Crippen molar-refractivity contribution in [3.63, 3.8) is 0 Å². The van der Waals surface area contributed by atoms with Crippen LogP contribution in [0.25, 0.3) is 0 Å². The maximum atomic E-state index is 11.6. The first-order chi connectivity index (χ1) is 9.58. The lowest BCUT2D eigenvalue weighted by molar-refractivity contribution is -0.124. The second kappa shape index (κ2) is 9.03. The number of carbonyl (C=O) groups excluding carboxylic acids is 1. The third kappa shape index (κ3) is 5.97. The predicted molar refractivity (Wildman–Crippen MR) is 87.7 cm³/mol. The largest absolute Gasteiger partial charge is 0.368 e. The maximum Gasteiger partial charge on any atom is 0.237 e. The standard InChI is InChI=1S/C16H26N2OS/c1-3-11-18-16(2,15(17)19)10-7-12-20-13-14-8-5-4-6-9-14/h4-6,8-9,18H,3,7,10-13H2,1-2H3,(H2,17,19). The number of nitrogens with one attached hydrogen (secondary N) is 1. The fourth-order valence-electron chi connectivity index (χ4n) is 1.99. The van der Waals surface area contributed by atoms with Crippen LogP contribution in [0.5, 0.6) is 0 Å². The molecule has 3 N–H and O–H groups in total. The van der Waals surface area contributed by atoms with E-state index in [4.69, 9.17) is 5.73 Å². The highest BCUT2D eigenvalue weighted by Gasteiger charge is 2.29. The first-order valence-corrected chi connectivity index (χ1v) is 8.40. The Kier molecular flexibility index (Phi) is 7.70. The average Bonchev–Trinajstić information content (AvgIpc) is 2.45. The van der Waals surface area contributed by atoms with Crippen LogP contribution in [0, 0.1) is 0 Å². The molecule has 0 fully saturated rings. The molecule has 112 valence electrons. The second-order valence-electron chi connectivity index (χ2n) is 5.26. The van der Waals surface area contributed by atoms with Crippen LogP contribution in [0.15, 0.2) is 30.3 Å². The number of nitrogens with two attached hydrogens (primary N) is 1. The number of amides is 1. The Morgan fingerprint density at radius 3 is 2.65 bits per heavy atom. The summed E-state index contributed by atoms with van der Waals surface area (Å²) >= 11 is 1.90. The molecular weight excluding hydrogens is 268 g/mol. The fraction of sp³-hybridized carbons (Fsp3) is 0.562. The van der Waals surface area contributed by atoms with Crippen LogP contribution in [0.1, 0.15) is 38.7 Å². The molecule has 3 nitrogen and oxygen atoms in total. The van der Waals surface area contributed by atoms with Crippen molar-refractivity contribution < 1.29 is 4.79 Å². The predicted octanol–water partition coefficient (Wildman–Crippen LogP) is 2.94. The van der Waals surface area contributed by atoms with E-state index in [-0.39, 0.29) is 5.91 Å². The van der Waals surface area contributed by atoms with E-state index >= 15 is 0 Å². The quantitative estimate of drug-likeness (QED) is 0.652. The maximum absolute atomic E-state index is 11.6. The highest BCUT2D eigenvalue weighted by atomic mass is 32.2. The van der Waals surface area contributed by atoms with Gasteiger partial charge in [-0.3, -0.25) is 4.79 Å². The number of hydrogen-bond donors (Lipinski definition) is 2. The fourth-order valence-corrected chi connectivity index (χ4v) is 2.91. The summed E-state index contributed by atoms with van der Waals surface area (Å²) in [5.41, 5.74) is 6.29. The van der Waals surface area contributed by atoms with Crippen molar-refractivity contribution in [2.24, 2.45) is 5.73 Å². The Morgan fingerprint density at radius 2 is 2.05 bits per heavy atom. The Bertz CT molecular complexity index is 397. The minimum atomic E-state index is -0.566. The van der Waals surface area contributed by atoms with Gasteiger partial charge in [-0.25, -0.2) is 0 Å². The van der Waals surface area contributed by atoms with Crippen LogP contribution in [0.4, 0.5) is 0 Å². The van der Waals surface area contributed by atoms with Crippen LogP contribution in [0.2, 0.25) is 0 Å². The van der Waals surface area contributed by atoms with Crippen LogP contribution in [-0.4, -0.2) is 23.7 Å². The molecule has 0 saturated carbocycles. The molecule has 20 heavy (non-hydrogen) atoms. The van der Waals surface area contributed by atoms with E-state index in [9.17, 15) is 4.79 Å². The van der Waals surface area contributed by atoms with Crippen LogP contribution >= 0.6 is 11.8 Å². The van der Waals surface area contributed by atoms with Crippen molar-refractivity contribution in [3.8, 4) is 0 Å². The summed E-state index contributed by atoms with van der Waals surface area (Å²) in [6.07, 6.45) is 2.80. The molecule has 1 aromatic carbocycles. The van der Waals surface area contributed by atoms with Gasteiger partial charge in [0, 0.05) is 5.75 Å². The zero-order chi connectivity index (χ0) is 14.8. The van der Waals surface area contributed by atoms with E-state index in [1.807, 2.05) is 24.8 Å². The van der Waals surface area contributed by atoms with Crippen molar-refractivity contribution in [3.05, 3.63) is 35.9 Å². The summed E-state index contributed by atoms with van der Waals surface area (Å²) in [6.45, 7) is 4.83. The molecule has 0 heterocycles. The number of benzene rings is 1. The molecule has 0 spiro atoms. The van der Waals surface area contributed by atoms with Crippen molar-refractivity contribution in [1.82, 2.24) is 5.32 Å². The molecule has 0 aromatic heterocycles. The van der Waals surface area contributed by atoms with Gasteiger partial charge in [-0.1, -0.05) is 37.3 Å². The minimum Gasteiger partial charge on any atom is -0.368 e. The second-order valence-corrected chi connectivity index (χ2v) is 6.37. The summed E-state index contributed by atoms with van der Waals surface area (Å²) < 4.78 is 0. The Labute approximate surface area is 126 Å². The normalized spacial score (nSPS) is 13.9. The SMILES string of the molecule is CCCNC(C)(CCCSCc1ccccc1)C(N)=O. The first-order valence-electron chi connectivity index (χ1n) is 7.25. The molecule has 1 unspecified atom stereocenters. The van der Waals surface area contributed by atoms with Crippen molar-refractivity contribution in [1.29, 1.82) is 0 Å². The molecule has 0 bridgehead atoms. The van der Waals surface area contributed by atoms with Gasteiger partial charge in [0.25, 0.3) is 0 Å². The Hall–Kier alpha value is -1.00. The average molecular weight is 294 g/mol. The summed E-state index contributed by atoms with van der Waals surface area (Å²) in [4.78, 5) is 11.6. The van der Waals surface area contributed by atoms with Gasteiger partial charge in [0.1, 0.15) is 0 Å². The highest BCUT2D eigenvalue weighted by molar-refractivity contribution is 7.98. The summed E-state index contributed by atoms with van der Waals surface area (Å²) in [7, 11) is 0. The minimum absolute atomic E-state index is 0.251. The Morgan fingerprint density at radius 1 is 1.35 bits per heavy atom. The summed E-state index contributed by atoms with van der Waals surface area (Å²) in [5, 5.41) is 3.27. The molecule has 0 saturated heterocycles. The van der Waals surface area contributed by atoms with E-state index in [0.29, 0.717) is 0 Å². The number of carbonyl (C=O) groups is 1. The number of rotatable bonds is 10. The van der Waals surface area contributed by atoms with Gasteiger partial charge in [-0.2, -0.15) is 11.8 Å². The Balaban J connectivity index is 2.25. The molecule has 0 aliphatic rings. The van der Waals surface area contributed by atoms with Crippen LogP contribution in [0.3, 0.4) is 0 Å². The highest BCUT2D eigenvalue weighted by Crippen LogP contribution is 2.17. The molecule has 0 radical (unpaired) electrons. The molecule has 1 aromatic rings. The van der Waals surface area contributed by atoms with Crippen LogP contribution in [-0.2, 0) is 10.5 Å². The van der Waals surface area contributed by atoms with E-state index in [1.54, 1.807) is 0 Å². The lowest BCUT2D eigenvalue weighted by Gasteiger charge is -2.27.